The van der Waals surface area contributed by atoms with Gasteiger partial charge >= 0.3 is 0 Å². The lowest BCUT2D eigenvalue weighted by atomic mass is 10.0. The van der Waals surface area contributed by atoms with Crippen molar-refractivity contribution in [2.45, 2.75) is 58.4 Å². The first-order valence-corrected chi connectivity index (χ1v) is 8.37. The average Bonchev–Trinajstić information content (AvgIpc) is 2.49. The number of fused-ring (bicyclic) bond motifs is 1. The first-order chi connectivity index (χ1) is 9.81. The van der Waals surface area contributed by atoms with Crippen LogP contribution in [0.5, 0.6) is 0 Å². The SMILES string of the molecule is CCCNC(C)CCCCN1CCCc2ccccc21. The van der Waals surface area contributed by atoms with E-state index < -0.39 is 0 Å². The Morgan fingerprint density at radius 2 is 2.10 bits per heavy atom. The Morgan fingerprint density at radius 3 is 2.95 bits per heavy atom. The lowest BCUT2D eigenvalue weighted by molar-refractivity contribution is 0.487. The topological polar surface area (TPSA) is 15.3 Å². The molecule has 1 aliphatic heterocycles. The summed E-state index contributed by atoms with van der Waals surface area (Å²) in [6.07, 6.45) is 7.74. The first-order valence-electron chi connectivity index (χ1n) is 8.37. The number of aryl methyl sites for hydroxylation is 1. The van der Waals surface area contributed by atoms with Crippen LogP contribution in [0.1, 0.15) is 51.5 Å². The fourth-order valence-corrected chi connectivity index (χ4v) is 3.09. The van der Waals surface area contributed by atoms with Crippen LogP contribution in [0.3, 0.4) is 0 Å². The maximum Gasteiger partial charge on any atom is 0.0398 e. The molecule has 0 radical (unpaired) electrons. The van der Waals surface area contributed by atoms with Crippen molar-refractivity contribution in [3.05, 3.63) is 29.8 Å². The fraction of sp³-hybridized carbons (Fsp3) is 0.667. The molecule has 2 rings (SSSR count). The maximum absolute atomic E-state index is 3.57. The number of nitrogens with one attached hydrogen (secondary N) is 1. The molecule has 1 heterocycles. The molecule has 0 spiro atoms. The summed E-state index contributed by atoms with van der Waals surface area (Å²) in [6.45, 7) is 8.15. The number of hydrogen-bond donors (Lipinski definition) is 1. The second-order valence-corrected chi connectivity index (χ2v) is 6.07. The van der Waals surface area contributed by atoms with Crippen LogP contribution < -0.4 is 10.2 Å². The summed E-state index contributed by atoms with van der Waals surface area (Å²) >= 11 is 0. The van der Waals surface area contributed by atoms with Gasteiger partial charge in [-0.05, 0) is 57.2 Å². The number of rotatable bonds is 8. The predicted octanol–water partition coefficient (Wildman–Crippen LogP) is 4.00. The molecular weight excluding hydrogens is 244 g/mol. The smallest absolute Gasteiger partial charge is 0.0398 e. The van der Waals surface area contributed by atoms with Gasteiger partial charge in [0.25, 0.3) is 0 Å². The lowest BCUT2D eigenvalue weighted by Gasteiger charge is -2.31. The molecule has 1 unspecified atom stereocenters. The van der Waals surface area contributed by atoms with Crippen molar-refractivity contribution >= 4 is 5.69 Å². The molecule has 0 amide bonds. The van der Waals surface area contributed by atoms with Gasteiger partial charge in [0.1, 0.15) is 0 Å². The quantitative estimate of drug-likeness (QED) is 0.721. The minimum atomic E-state index is 0.670. The fourth-order valence-electron chi connectivity index (χ4n) is 3.09. The molecule has 0 fully saturated rings. The maximum atomic E-state index is 3.57. The molecule has 0 saturated carbocycles. The zero-order chi connectivity index (χ0) is 14.2. The summed E-state index contributed by atoms with van der Waals surface area (Å²) in [4.78, 5) is 2.59. The zero-order valence-corrected chi connectivity index (χ0v) is 13.2. The molecule has 20 heavy (non-hydrogen) atoms. The van der Waals surface area contributed by atoms with E-state index in [1.165, 1.54) is 62.9 Å². The van der Waals surface area contributed by atoms with Crippen molar-refractivity contribution in [1.82, 2.24) is 5.32 Å². The standard InChI is InChI=1S/C18H30N2/c1-3-13-19-16(2)9-6-7-14-20-15-8-11-17-10-4-5-12-18(17)20/h4-5,10,12,16,19H,3,6-9,11,13-15H2,1-2H3. The molecule has 1 aromatic rings. The molecule has 2 nitrogen and oxygen atoms in total. The highest BCUT2D eigenvalue weighted by Crippen LogP contribution is 2.26. The molecule has 1 N–H and O–H groups in total. The van der Waals surface area contributed by atoms with Gasteiger partial charge in [-0.1, -0.05) is 31.5 Å². The average molecular weight is 274 g/mol. The number of para-hydroxylation sites is 1. The van der Waals surface area contributed by atoms with Crippen LogP contribution in [0.4, 0.5) is 5.69 Å². The number of hydrogen-bond acceptors (Lipinski definition) is 2. The molecule has 0 saturated heterocycles. The normalized spacial score (nSPS) is 16.0. The highest BCUT2D eigenvalue weighted by molar-refractivity contribution is 5.55. The number of nitrogens with zero attached hydrogens (tertiary/aromatic N) is 1. The van der Waals surface area contributed by atoms with E-state index in [0.717, 1.165) is 6.54 Å². The molecule has 2 heteroatoms. The van der Waals surface area contributed by atoms with Gasteiger partial charge in [-0.25, -0.2) is 0 Å². The molecule has 0 aliphatic carbocycles. The minimum absolute atomic E-state index is 0.670. The minimum Gasteiger partial charge on any atom is -0.371 e. The number of anilines is 1. The van der Waals surface area contributed by atoms with Gasteiger partial charge in [0.05, 0.1) is 0 Å². The van der Waals surface area contributed by atoms with Crippen molar-refractivity contribution in [3.8, 4) is 0 Å². The van der Waals surface area contributed by atoms with Gasteiger partial charge in [-0.15, -0.1) is 0 Å². The Labute approximate surface area is 124 Å². The molecular formula is C18H30N2. The molecule has 112 valence electrons. The zero-order valence-electron chi connectivity index (χ0n) is 13.2. The van der Waals surface area contributed by atoms with Crippen LogP contribution in [-0.4, -0.2) is 25.7 Å². The summed E-state index contributed by atoms with van der Waals surface area (Å²) in [7, 11) is 0. The van der Waals surface area contributed by atoms with Gasteiger partial charge in [0.2, 0.25) is 0 Å². The Bertz CT molecular complexity index is 389. The van der Waals surface area contributed by atoms with Crippen LogP contribution in [0.15, 0.2) is 24.3 Å². The molecule has 1 aromatic carbocycles. The van der Waals surface area contributed by atoms with Crippen LogP contribution >= 0.6 is 0 Å². The van der Waals surface area contributed by atoms with Gasteiger partial charge in [0.15, 0.2) is 0 Å². The van der Waals surface area contributed by atoms with E-state index in [9.17, 15) is 0 Å². The second kappa shape index (κ2) is 8.31. The first kappa shape index (κ1) is 15.4. The van der Waals surface area contributed by atoms with E-state index in [4.69, 9.17) is 0 Å². The van der Waals surface area contributed by atoms with E-state index in [-0.39, 0.29) is 0 Å². The summed E-state index contributed by atoms with van der Waals surface area (Å²) in [6, 6.07) is 9.60. The third kappa shape index (κ3) is 4.52. The summed E-state index contributed by atoms with van der Waals surface area (Å²) in [5, 5.41) is 3.57. The van der Waals surface area contributed by atoms with E-state index in [1.807, 2.05) is 0 Å². The Kier molecular flexibility index (Phi) is 6.38. The second-order valence-electron chi connectivity index (χ2n) is 6.07. The Hall–Kier alpha value is -1.02. The molecule has 0 bridgehead atoms. The monoisotopic (exact) mass is 274 g/mol. The summed E-state index contributed by atoms with van der Waals surface area (Å²) < 4.78 is 0. The highest BCUT2D eigenvalue weighted by atomic mass is 15.1. The highest BCUT2D eigenvalue weighted by Gasteiger charge is 2.15. The van der Waals surface area contributed by atoms with E-state index >= 15 is 0 Å². The molecule has 0 aromatic heterocycles. The van der Waals surface area contributed by atoms with Crippen LogP contribution in [0.25, 0.3) is 0 Å². The van der Waals surface area contributed by atoms with Gasteiger partial charge in [-0.2, -0.15) is 0 Å². The Morgan fingerprint density at radius 1 is 1.25 bits per heavy atom. The molecule has 1 aliphatic rings. The number of benzene rings is 1. The van der Waals surface area contributed by atoms with Crippen LogP contribution in [-0.2, 0) is 6.42 Å². The third-order valence-electron chi connectivity index (χ3n) is 4.26. The van der Waals surface area contributed by atoms with Crippen LogP contribution in [0, 0.1) is 0 Å². The van der Waals surface area contributed by atoms with Crippen molar-refractivity contribution in [2.24, 2.45) is 0 Å². The third-order valence-corrected chi connectivity index (χ3v) is 4.26. The lowest BCUT2D eigenvalue weighted by Crippen LogP contribution is -2.31. The van der Waals surface area contributed by atoms with Crippen LogP contribution in [0.2, 0.25) is 0 Å². The van der Waals surface area contributed by atoms with E-state index in [0.29, 0.717) is 6.04 Å². The van der Waals surface area contributed by atoms with Crippen molar-refractivity contribution in [3.63, 3.8) is 0 Å². The van der Waals surface area contributed by atoms with Gasteiger partial charge in [0, 0.05) is 24.8 Å². The van der Waals surface area contributed by atoms with Gasteiger partial charge in [-0.3, -0.25) is 0 Å². The Balaban J connectivity index is 1.70. The summed E-state index contributed by atoms with van der Waals surface area (Å²) in [5.74, 6) is 0. The summed E-state index contributed by atoms with van der Waals surface area (Å²) in [5.41, 5.74) is 3.02. The van der Waals surface area contributed by atoms with E-state index in [2.05, 4.69) is 48.3 Å². The van der Waals surface area contributed by atoms with Crippen molar-refractivity contribution in [2.75, 3.05) is 24.5 Å². The molecule has 1 atom stereocenters. The van der Waals surface area contributed by atoms with Gasteiger partial charge < -0.3 is 10.2 Å². The largest absolute Gasteiger partial charge is 0.371 e. The van der Waals surface area contributed by atoms with Crippen molar-refractivity contribution in [1.29, 1.82) is 0 Å². The van der Waals surface area contributed by atoms with Crippen molar-refractivity contribution < 1.29 is 0 Å². The predicted molar refractivity (Wildman–Crippen MR) is 88.6 cm³/mol. The number of unbranched alkanes of at least 4 members (excludes halogenated alkanes) is 1. The van der Waals surface area contributed by atoms with E-state index in [1.54, 1.807) is 0 Å².